The lowest BCUT2D eigenvalue weighted by atomic mass is 9.82. The largest absolute Gasteiger partial charge is 0.328 e. The summed E-state index contributed by atoms with van der Waals surface area (Å²) in [6.07, 6.45) is 8.02. The molecule has 1 aromatic heterocycles. The van der Waals surface area contributed by atoms with Gasteiger partial charge in [-0.15, -0.1) is 0 Å². The monoisotopic (exact) mass is 218 g/mol. The maximum Gasteiger partial charge on any atom is 0.140 e. The minimum absolute atomic E-state index is 0.170. The fourth-order valence-electron chi connectivity index (χ4n) is 2.37. The van der Waals surface area contributed by atoms with Gasteiger partial charge in [-0.3, -0.25) is 9.78 Å². The van der Waals surface area contributed by atoms with Crippen LogP contribution in [-0.2, 0) is 11.2 Å². The first kappa shape index (κ1) is 11.3. The number of pyridine rings is 1. The quantitative estimate of drug-likeness (QED) is 0.840. The van der Waals surface area contributed by atoms with Crippen LogP contribution in [0, 0.1) is 5.92 Å². The molecular formula is C13H18N2O. The third-order valence-electron chi connectivity index (χ3n) is 3.27. The van der Waals surface area contributed by atoms with Crippen molar-refractivity contribution in [1.82, 2.24) is 4.98 Å². The SMILES string of the molecule is NC1CCCC(C(=O)Cc2cccnc2)C1. The molecule has 1 aromatic rings. The van der Waals surface area contributed by atoms with Crippen LogP contribution in [0.4, 0.5) is 0 Å². The maximum absolute atomic E-state index is 12.0. The molecule has 2 rings (SSSR count). The number of Topliss-reactive ketones (excluding diaryl/α,β-unsaturated/α-hetero) is 1. The summed E-state index contributed by atoms with van der Waals surface area (Å²) in [5.74, 6) is 0.493. The highest BCUT2D eigenvalue weighted by molar-refractivity contribution is 5.83. The van der Waals surface area contributed by atoms with Crippen molar-refractivity contribution in [3.8, 4) is 0 Å². The Morgan fingerprint density at radius 2 is 2.38 bits per heavy atom. The zero-order valence-electron chi connectivity index (χ0n) is 9.43. The van der Waals surface area contributed by atoms with E-state index in [0.29, 0.717) is 12.2 Å². The van der Waals surface area contributed by atoms with Crippen LogP contribution in [-0.4, -0.2) is 16.8 Å². The first-order chi connectivity index (χ1) is 7.75. The molecule has 1 fully saturated rings. The molecule has 0 bridgehead atoms. The number of rotatable bonds is 3. The molecule has 3 heteroatoms. The van der Waals surface area contributed by atoms with Gasteiger partial charge in [0.15, 0.2) is 0 Å². The third-order valence-corrected chi connectivity index (χ3v) is 3.27. The normalized spacial score (nSPS) is 25.3. The van der Waals surface area contributed by atoms with Crippen LogP contribution in [0.15, 0.2) is 24.5 Å². The number of nitrogens with zero attached hydrogens (tertiary/aromatic N) is 1. The van der Waals surface area contributed by atoms with Crippen molar-refractivity contribution in [2.75, 3.05) is 0 Å². The maximum atomic E-state index is 12.0. The van der Waals surface area contributed by atoms with Crippen molar-refractivity contribution in [1.29, 1.82) is 0 Å². The van der Waals surface area contributed by atoms with Gasteiger partial charge in [0.05, 0.1) is 0 Å². The second-order valence-electron chi connectivity index (χ2n) is 4.63. The Kier molecular flexibility index (Phi) is 3.67. The Bertz CT molecular complexity index is 350. The highest BCUT2D eigenvalue weighted by Gasteiger charge is 2.24. The number of hydrogen-bond acceptors (Lipinski definition) is 3. The smallest absolute Gasteiger partial charge is 0.140 e. The van der Waals surface area contributed by atoms with Gasteiger partial charge >= 0.3 is 0 Å². The predicted octanol–water partition coefficient (Wildman–Crippen LogP) is 1.71. The van der Waals surface area contributed by atoms with Gasteiger partial charge in [0.2, 0.25) is 0 Å². The Morgan fingerprint density at radius 1 is 1.50 bits per heavy atom. The van der Waals surface area contributed by atoms with E-state index in [0.717, 1.165) is 31.2 Å². The summed E-state index contributed by atoms with van der Waals surface area (Å²) in [7, 11) is 0. The molecule has 1 saturated carbocycles. The standard InChI is InChI=1S/C13H18N2O/c14-12-5-1-4-11(8-12)13(16)7-10-3-2-6-15-9-10/h2-3,6,9,11-12H,1,4-5,7-8,14H2. The van der Waals surface area contributed by atoms with Crippen LogP contribution >= 0.6 is 0 Å². The first-order valence-corrected chi connectivity index (χ1v) is 5.93. The lowest BCUT2D eigenvalue weighted by Gasteiger charge is -2.25. The molecule has 3 nitrogen and oxygen atoms in total. The van der Waals surface area contributed by atoms with Crippen molar-refractivity contribution < 1.29 is 4.79 Å². The molecule has 1 aliphatic rings. The number of aromatic nitrogens is 1. The molecular weight excluding hydrogens is 200 g/mol. The Balaban J connectivity index is 1.93. The Morgan fingerprint density at radius 3 is 3.06 bits per heavy atom. The van der Waals surface area contributed by atoms with E-state index >= 15 is 0 Å². The van der Waals surface area contributed by atoms with E-state index in [-0.39, 0.29) is 12.0 Å². The predicted molar refractivity (Wildman–Crippen MR) is 62.9 cm³/mol. The number of carbonyl (C=O) groups is 1. The van der Waals surface area contributed by atoms with E-state index in [1.54, 1.807) is 12.4 Å². The molecule has 0 spiro atoms. The molecule has 0 amide bonds. The van der Waals surface area contributed by atoms with E-state index in [2.05, 4.69) is 4.98 Å². The molecule has 2 N–H and O–H groups in total. The Hall–Kier alpha value is -1.22. The molecule has 16 heavy (non-hydrogen) atoms. The lowest BCUT2D eigenvalue weighted by Crippen LogP contribution is -2.32. The number of hydrogen-bond donors (Lipinski definition) is 1. The van der Waals surface area contributed by atoms with Crippen molar-refractivity contribution in [3.05, 3.63) is 30.1 Å². The summed E-state index contributed by atoms with van der Waals surface area (Å²) in [5, 5.41) is 0. The van der Waals surface area contributed by atoms with Crippen molar-refractivity contribution in [2.24, 2.45) is 11.7 Å². The van der Waals surface area contributed by atoms with E-state index in [1.165, 1.54) is 0 Å². The lowest BCUT2D eigenvalue weighted by molar-refractivity contribution is -0.123. The number of ketones is 1. The minimum Gasteiger partial charge on any atom is -0.328 e. The summed E-state index contributed by atoms with van der Waals surface area (Å²) in [6, 6.07) is 4.04. The fraction of sp³-hybridized carbons (Fsp3) is 0.538. The van der Waals surface area contributed by atoms with Gasteiger partial charge in [0.1, 0.15) is 5.78 Å². The summed E-state index contributed by atoms with van der Waals surface area (Å²) >= 11 is 0. The van der Waals surface area contributed by atoms with Crippen LogP contribution in [0.1, 0.15) is 31.2 Å². The zero-order valence-corrected chi connectivity index (χ0v) is 9.43. The van der Waals surface area contributed by atoms with Gasteiger partial charge in [-0.2, -0.15) is 0 Å². The average molecular weight is 218 g/mol. The van der Waals surface area contributed by atoms with Gasteiger partial charge in [-0.25, -0.2) is 0 Å². The number of nitrogens with two attached hydrogens (primary N) is 1. The van der Waals surface area contributed by atoms with Gasteiger partial charge in [-0.05, 0) is 30.9 Å². The molecule has 2 unspecified atom stereocenters. The third kappa shape index (κ3) is 2.89. The summed E-state index contributed by atoms with van der Waals surface area (Å²) in [5.41, 5.74) is 6.90. The Labute approximate surface area is 96.1 Å². The van der Waals surface area contributed by atoms with Gasteiger partial charge in [-0.1, -0.05) is 12.5 Å². The summed E-state index contributed by atoms with van der Waals surface area (Å²) in [6.45, 7) is 0. The van der Waals surface area contributed by atoms with E-state index in [1.807, 2.05) is 12.1 Å². The molecule has 0 radical (unpaired) electrons. The molecule has 0 saturated heterocycles. The van der Waals surface area contributed by atoms with Crippen molar-refractivity contribution in [2.45, 2.75) is 38.1 Å². The number of carbonyl (C=O) groups excluding carboxylic acids is 1. The molecule has 0 aromatic carbocycles. The van der Waals surface area contributed by atoms with Gasteiger partial charge in [0.25, 0.3) is 0 Å². The second kappa shape index (κ2) is 5.21. The molecule has 86 valence electrons. The van der Waals surface area contributed by atoms with Crippen molar-refractivity contribution in [3.63, 3.8) is 0 Å². The first-order valence-electron chi connectivity index (χ1n) is 5.93. The van der Waals surface area contributed by atoms with Gasteiger partial charge in [0, 0.05) is 30.8 Å². The average Bonchev–Trinajstić information content (AvgIpc) is 2.30. The molecule has 1 heterocycles. The van der Waals surface area contributed by atoms with Gasteiger partial charge < -0.3 is 5.73 Å². The summed E-state index contributed by atoms with van der Waals surface area (Å²) in [4.78, 5) is 16.1. The van der Waals surface area contributed by atoms with E-state index < -0.39 is 0 Å². The topological polar surface area (TPSA) is 56.0 Å². The second-order valence-corrected chi connectivity index (χ2v) is 4.63. The highest BCUT2D eigenvalue weighted by atomic mass is 16.1. The zero-order chi connectivity index (χ0) is 11.4. The fourth-order valence-corrected chi connectivity index (χ4v) is 2.37. The molecule has 0 aliphatic heterocycles. The highest BCUT2D eigenvalue weighted by Crippen LogP contribution is 2.24. The van der Waals surface area contributed by atoms with E-state index in [9.17, 15) is 4.79 Å². The van der Waals surface area contributed by atoms with Crippen LogP contribution in [0.25, 0.3) is 0 Å². The van der Waals surface area contributed by atoms with E-state index in [4.69, 9.17) is 5.73 Å². The van der Waals surface area contributed by atoms with Crippen LogP contribution in [0.3, 0.4) is 0 Å². The van der Waals surface area contributed by atoms with Crippen molar-refractivity contribution >= 4 is 5.78 Å². The molecule has 1 aliphatic carbocycles. The van der Waals surface area contributed by atoms with Crippen LogP contribution in [0.2, 0.25) is 0 Å². The molecule has 2 atom stereocenters. The van der Waals surface area contributed by atoms with Crippen LogP contribution in [0.5, 0.6) is 0 Å². The van der Waals surface area contributed by atoms with Crippen LogP contribution < -0.4 is 5.73 Å². The summed E-state index contributed by atoms with van der Waals surface area (Å²) < 4.78 is 0. The minimum atomic E-state index is 0.170.